The zero-order valence-corrected chi connectivity index (χ0v) is 15.0. The van der Waals surface area contributed by atoms with Crippen molar-refractivity contribution >= 4 is 23.5 Å². The van der Waals surface area contributed by atoms with E-state index < -0.39 is 5.60 Å². The molecule has 1 aromatic carbocycles. The Morgan fingerprint density at radius 3 is 2.91 bits per heavy atom. The molecule has 3 rings (SSSR count). The van der Waals surface area contributed by atoms with Crippen LogP contribution in [-0.2, 0) is 17.7 Å². The second-order valence-electron chi connectivity index (χ2n) is 7.30. The molecule has 1 amide bonds. The summed E-state index contributed by atoms with van der Waals surface area (Å²) >= 11 is 2.00. The molecule has 1 atom stereocenters. The van der Waals surface area contributed by atoms with E-state index in [0.717, 1.165) is 13.0 Å². The van der Waals surface area contributed by atoms with Crippen molar-refractivity contribution in [1.82, 2.24) is 4.90 Å². The van der Waals surface area contributed by atoms with Gasteiger partial charge in [-0.1, -0.05) is 12.1 Å². The number of nitrogens with one attached hydrogen (secondary N) is 1. The third-order valence-corrected chi connectivity index (χ3v) is 5.38. The minimum atomic E-state index is -0.448. The van der Waals surface area contributed by atoms with Crippen molar-refractivity contribution in [2.24, 2.45) is 0 Å². The average molecular weight is 334 g/mol. The number of benzene rings is 1. The Hall–Kier alpha value is -1.36. The summed E-state index contributed by atoms with van der Waals surface area (Å²) in [5, 5.41) is 3.68. The number of rotatable bonds is 2. The van der Waals surface area contributed by atoms with Gasteiger partial charge in [-0.3, -0.25) is 0 Å². The van der Waals surface area contributed by atoms with Crippen LogP contribution in [-0.4, -0.2) is 40.7 Å². The second kappa shape index (κ2) is 6.63. The SMILES string of the molecule is CC(C)(C)OC(=O)N1CCc2cccc(NC3CCSC3)c2C1. The van der Waals surface area contributed by atoms with E-state index in [1.807, 2.05) is 37.4 Å². The van der Waals surface area contributed by atoms with E-state index in [-0.39, 0.29) is 6.09 Å². The van der Waals surface area contributed by atoms with Crippen molar-refractivity contribution in [2.45, 2.75) is 51.8 Å². The number of ether oxygens (including phenoxy) is 1. The van der Waals surface area contributed by atoms with Crippen LogP contribution in [0.5, 0.6) is 0 Å². The van der Waals surface area contributed by atoms with Crippen LogP contribution in [0.2, 0.25) is 0 Å². The van der Waals surface area contributed by atoms with Crippen LogP contribution in [0.15, 0.2) is 18.2 Å². The smallest absolute Gasteiger partial charge is 0.410 e. The average Bonchev–Trinajstić information content (AvgIpc) is 2.98. The fourth-order valence-corrected chi connectivity index (χ4v) is 4.22. The van der Waals surface area contributed by atoms with Gasteiger partial charge >= 0.3 is 6.09 Å². The summed E-state index contributed by atoms with van der Waals surface area (Å²) in [7, 11) is 0. The number of hydrogen-bond acceptors (Lipinski definition) is 4. The van der Waals surface area contributed by atoms with Crippen LogP contribution < -0.4 is 5.32 Å². The first-order valence-electron chi connectivity index (χ1n) is 8.35. The molecule has 1 saturated heterocycles. The molecular formula is C18H26N2O2S. The molecule has 1 N–H and O–H groups in total. The number of thioether (sulfide) groups is 1. The minimum Gasteiger partial charge on any atom is -0.444 e. The molecular weight excluding hydrogens is 308 g/mol. The normalized spacial score (nSPS) is 21.0. The lowest BCUT2D eigenvalue weighted by atomic mass is 9.97. The van der Waals surface area contributed by atoms with Gasteiger partial charge < -0.3 is 15.0 Å². The van der Waals surface area contributed by atoms with Gasteiger partial charge in [0.2, 0.25) is 0 Å². The Balaban J connectivity index is 1.74. The van der Waals surface area contributed by atoms with Crippen molar-refractivity contribution in [3.05, 3.63) is 29.3 Å². The molecule has 5 heteroatoms. The maximum atomic E-state index is 12.4. The highest BCUT2D eigenvalue weighted by Gasteiger charge is 2.27. The lowest BCUT2D eigenvalue weighted by Crippen LogP contribution is -2.40. The van der Waals surface area contributed by atoms with Gasteiger partial charge in [0.1, 0.15) is 5.60 Å². The predicted octanol–water partition coefficient (Wildman–Crippen LogP) is 3.90. The third-order valence-electron chi connectivity index (χ3n) is 4.21. The highest BCUT2D eigenvalue weighted by Crippen LogP contribution is 2.30. The summed E-state index contributed by atoms with van der Waals surface area (Å²) < 4.78 is 5.53. The second-order valence-corrected chi connectivity index (χ2v) is 8.45. The number of amides is 1. The molecule has 1 fully saturated rings. The van der Waals surface area contributed by atoms with Gasteiger partial charge in [-0.05, 0) is 56.6 Å². The Morgan fingerprint density at radius 2 is 2.22 bits per heavy atom. The van der Waals surface area contributed by atoms with Crippen LogP contribution in [0, 0.1) is 0 Å². The Morgan fingerprint density at radius 1 is 1.39 bits per heavy atom. The lowest BCUT2D eigenvalue weighted by Gasteiger charge is -2.32. The first kappa shape index (κ1) is 16.5. The molecule has 1 aromatic rings. The molecule has 23 heavy (non-hydrogen) atoms. The number of fused-ring (bicyclic) bond motifs is 1. The third kappa shape index (κ3) is 4.14. The molecule has 0 bridgehead atoms. The molecule has 2 aliphatic rings. The highest BCUT2D eigenvalue weighted by atomic mass is 32.2. The first-order chi connectivity index (χ1) is 10.9. The standard InChI is InChI=1S/C18H26N2O2S/c1-18(2,3)22-17(21)20-9-7-13-5-4-6-16(15(13)11-20)19-14-8-10-23-12-14/h4-6,14,19H,7-12H2,1-3H3. The number of hydrogen-bond donors (Lipinski definition) is 1. The van der Waals surface area contributed by atoms with Crippen molar-refractivity contribution < 1.29 is 9.53 Å². The predicted molar refractivity (Wildman–Crippen MR) is 96.1 cm³/mol. The number of carbonyl (C=O) groups is 1. The molecule has 0 aromatic heterocycles. The quantitative estimate of drug-likeness (QED) is 0.891. The molecule has 1 unspecified atom stereocenters. The van der Waals surface area contributed by atoms with Gasteiger partial charge in [0.25, 0.3) is 0 Å². The molecule has 0 saturated carbocycles. The molecule has 0 aliphatic carbocycles. The summed E-state index contributed by atoms with van der Waals surface area (Å²) in [6, 6.07) is 6.98. The zero-order chi connectivity index (χ0) is 16.4. The van der Waals surface area contributed by atoms with Gasteiger partial charge in [-0.2, -0.15) is 11.8 Å². The van der Waals surface area contributed by atoms with E-state index in [4.69, 9.17) is 4.74 Å². The van der Waals surface area contributed by atoms with Gasteiger partial charge in [0.05, 0.1) is 6.54 Å². The van der Waals surface area contributed by atoms with Crippen molar-refractivity contribution in [3.8, 4) is 0 Å². The van der Waals surface area contributed by atoms with Crippen LogP contribution in [0.25, 0.3) is 0 Å². The minimum absolute atomic E-state index is 0.214. The number of anilines is 1. The van der Waals surface area contributed by atoms with Crippen molar-refractivity contribution in [2.75, 3.05) is 23.4 Å². The maximum Gasteiger partial charge on any atom is 0.410 e. The van der Waals surface area contributed by atoms with Gasteiger partial charge in [0.15, 0.2) is 0 Å². The van der Waals surface area contributed by atoms with Crippen LogP contribution >= 0.6 is 11.8 Å². The summed E-state index contributed by atoms with van der Waals surface area (Å²) in [6.45, 7) is 7.09. The fraction of sp³-hybridized carbons (Fsp3) is 0.611. The topological polar surface area (TPSA) is 41.6 Å². The van der Waals surface area contributed by atoms with E-state index in [9.17, 15) is 4.79 Å². The number of nitrogens with zero attached hydrogens (tertiary/aromatic N) is 1. The lowest BCUT2D eigenvalue weighted by molar-refractivity contribution is 0.0224. The maximum absolute atomic E-state index is 12.4. The molecule has 0 radical (unpaired) electrons. The Labute approximate surface area is 143 Å². The zero-order valence-electron chi connectivity index (χ0n) is 14.2. The van der Waals surface area contributed by atoms with E-state index in [1.54, 1.807) is 0 Å². The largest absolute Gasteiger partial charge is 0.444 e. The highest BCUT2D eigenvalue weighted by molar-refractivity contribution is 7.99. The van der Waals surface area contributed by atoms with E-state index in [0.29, 0.717) is 12.6 Å². The number of carbonyl (C=O) groups excluding carboxylic acids is 1. The van der Waals surface area contributed by atoms with E-state index >= 15 is 0 Å². The molecule has 2 heterocycles. The monoisotopic (exact) mass is 334 g/mol. The molecule has 0 spiro atoms. The summed E-state index contributed by atoms with van der Waals surface area (Å²) in [6.07, 6.45) is 1.89. The van der Waals surface area contributed by atoms with Crippen LogP contribution in [0.3, 0.4) is 0 Å². The molecule has 2 aliphatic heterocycles. The van der Waals surface area contributed by atoms with Gasteiger partial charge in [0, 0.05) is 24.0 Å². The fourth-order valence-electron chi connectivity index (χ4n) is 3.07. The Bertz CT molecular complexity index is 577. The summed E-state index contributed by atoms with van der Waals surface area (Å²) in [5.41, 5.74) is 3.33. The van der Waals surface area contributed by atoms with Crippen molar-refractivity contribution in [1.29, 1.82) is 0 Å². The van der Waals surface area contributed by atoms with Crippen LogP contribution in [0.1, 0.15) is 38.3 Å². The van der Waals surface area contributed by atoms with E-state index in [1.165, 1.54) is 34.7 Å². The summed E-state index contributed by atoms with van der Waals surface area (Å²) in [4.78, 5) is 14.2. The van der Waals surface area contributed by atoms with Crippen molar-refractivity contribution in [3.63, 3.8) is 0 Å². The molecule has 4 nitrogen and oxygen atoms in total. The summed E-state index contributed by atoms with van der Waals surface area (Å²) in [5.74, 6) is 2.40. The first-order valence-corrected chi connectivity index (χ1v) is 9.51. The van der Waals surface area contributed by atoms with Gasteiger partial charge in [-0.15, -0.1) is 0 Å². The Kier molecular flexibility index (Phi) is 4.76. The van der Waals surface area contributed by atoms with Crippen LogP contribution in [0.4, 0.5) is 10.5 Å². The van der Waals surface area contributed by atoms with E-state index in [2.05, 4.69) is 23.5 Å². The van der Waals surface area contributed by atoms with Gasteiger partial charge in [-0.25, -0.2) is 4.79 Å². The molecule has 126 valence electrons.